The highest BCUT2D eigenvalue weighted by atomic mass is 35.5. The zero-order valence-corrected chi connectivity index (χ0v) is 17.3. The minimum Gasteiger partial charge on any atom is -0.340 e. The standard InChI is InChI=1S/C23H18ClN3O4/c1-26-21-10-9-17(24)13-19(21)22(28)25-20(23(26)29)11-14-5-7-15(8-6-14)16-3-2-4-18(12-16)27(30)31/h2-10,12-13,20H,11H2,1H3,(H,25,28). The number of non-ortho nitro benzene ring substituents is 1. The molecule has 0 bridgehead atoms. The van der Waals surface area contributed by atoms with Crippen molar-refractivity contribution in [3.05, 3.63) is 93.0 Å². The number of hydrogen-bond donors (Lipinski definition) is 1. The van der Waals surface area contributed by atoms with Crippen LogP contribution in [0.4, 0.5) is 11.4 Å². The Morgan fingerprint density at radius 3 is 2.48 bits per heavy atom. The van der Waals surface area contributed by atoms with E-state index in [9.17, 15) is 19.7 Å². The third-order valence-corrected chi connectivity index (χ3v) is 5.52. The number of carbonyl (C=O) groups is 2. The predicted octanol–water partition coefficient (Wildman–Crippen LogP) is 4.23. The number of halogens is 1. The van der Waals surface area contributed by atoms with Crippen molar-refractivity contribution in [3.63, 3.8) is 0 Å². The summed E-state index contributed by atoms with van der Waals surface area (Å²) in [6.07, 6.45) is 0.311. The average Bonchev–Trinajstić information content (AvgIpc) is 2.85. The number of amides is 2. The third-order valence-electron chi connectivity index (χ3n) is 5.28. The van der Waals surface area contributed by atoms with Crippen LogP contribution >= 0.6 is 11.6 Å². The summed E-state index contributed by atoms with van der Waals surface area (Å²) < 4.78 is 0. The van der Waals surface area contributed by atoms with Crippen molar-refractivity contribution in [3.8, 4) is 11.1 Å². The van der Waals surface area contributed by atoms with Crippen LogP contribution < -0.4 is 10.2 Å². The Balaban J connectivity index is 1.56. The van der Waals surface area contributed by atoms with Gasteiger partial charge in [0, 0.05) is 30.6 Å². The summed E-state index contributed by atoms with van der Waals surface area (Å²) in [4.78, 5) is 37.7. The summed E-state index contributed by atoms with van der Waals surface area (Å²) in [5, 5.41) is 14.2. The normalized spacial score (nSPS) is 15.8. The van der Waals surface area contributed by atoms with E-state index in [0.29, 0.717) is 22.7 Å². The zero-order valence-electron chi connectivity index (χ0n) is 16.5. The number of fused-ring (bicyclic) bond motifs is 1. The maximum Gasteiger partial charge on any atom is 0.270 e. The monoisotopic (exact) mass is 435 g/mol. The van der Waals surface area contributed by atoms with Crippen molar-refractivity contribution in [2.45, 2.75) is 12.5 Å². The number of hydrogen-bond acceptors (Lipinski definition) is 4. The Bertz CT molecular complexity index is 1190. The van der Waals surface area contributed by atoms with Gasteiger partial charge in [0.15, 0.2) is 0 Å². The molecular weight excluding hydrogens is 418 g/mol. The van der Waals surface area contributed by atoms with Crippen LogP contribution in [-0.4, -0.2) is 29.8 Å². The molecule has 0 saturated heterocycles. The van der Waals surface area contributed by atoms with Gasteiger partial charge in [-0.1, -0.05) is 48.0 Å². The van der Waals surface area contributed by atoms with Crippen LogP contribution in [0.5, 0.6) is 0 Å². The van der Waals surface area contributed by atoms with E-state index >= 15 is 0 Å². The number of likely N-dealkylation sites (N-methyl/N-ethyl adjacent to an activating group) is 1. The summed E-state index contributed by atoms with van der Waals surface area (Å²) in [6.45, 7) is 0. The van der Waals surface area contributed by atoms with Gasteiger partial charge in [-0.15, -0.1) is 0 Å². The van der Waals surface area contributed by atoms with Crippen molar-refractivity contribution in [1.29, 1.82) is 0 Å². The van der Waals surface area contributed by atoms with Gasteiger partial charge in [-0.05, 0) is 34.9 Å². The number of nitro groups is 1. The Hall–Kier alpha value is -3.71. The lowest BCUT2D eigenvalue weighted by Crippen LogP contribution is -2.45. The molecule has 1 heterocycles. The number of rotatable bonds is 4. The van der Waals surface area contributed by atoms with E-state index in [4.69, 9.17) is 11.6 Å². The molecule has 3 aromatic carbocycles. The SMILES string of the molecule is CN1C(=O)C(Cc2ccc(-c3cccc([N+](=O)[O-])c3)cc2)NC(=O)c2cc(Cl)ccc21. The van der Waals surface area contributed by atoms with E-state index in [1.807, 2.05) is 24.3 Å². The van der Waals surface area contributed by atoms with Crippen molar-refractivity contribution < 1.29 is 14.5 Å². The van der Waals surface area contributed by atoms with Crippen molar-refractivity contribution >= 4 is 34.8 Å². The summed E-state index contributed by atoms with van der Waals surface area (Å²) in [5.74, 6) is -0.578. The maximum atomic E-state index is 12.9. The van der Waals surface area contributed by atoms with Gasteiger partial charge in [-0.2, -0.15) is 0 Å². The summed E-state index contributed by atoms with van der Waals surface area (Å²) >= 11 is 6.02. The highest BCUT2D eigenvalue weighted by Crippen LogP contribution is 2.28. The van der Waals surface area contributed by atoms with Crippen molar-refractivity contribution in [2.75, 3.05) is 11.9 Å². The van der Waals surface area contributed by atoms with E-state index in [0.717, 1.165) is 16.7 Å². The van der Waals surface area contributed by atoms with Crippen LogP contribution in [0, 0.1) is 10.1 Å². The van der Waals surface area contributed by atoms with Crippen molar-refractivity contribution in [2.24, 2.45) is 0 Å². The number of anilines is 1. The maximum absolute atomic E-state index is 12.9. The van der Waals surface area contributed by atoms with E-state index in [-0.39, 0.29) is 17.5 Å². The molecule has 2 amide bonds. The highest BCUT2D eigenvalue weighted by molar-refractivity contribution is 6.31. The minimum atomic E-state index is -0.729. The Labute approximate surface area is 183 Å². The first-order chi connectivity index (χ1) is 14.8. The molecule has 1 N–H and O–H groups in total. The molecule has 0 saturated carbocycles. The Morgan fingerprint density at radius 2 is 1.77 bits per heavy atom. The first kappa shape index (κ1) is 20.6. The first-order valence-electron chi connectivity index (χ1n) is 9.55. The second-order valence-electron chi connectivity index (χ2n) is 7.29. The quantitative estimate of drug-likeness (QED) is 0.490. The predicted molar refractivity (Wildman–Crippen MR) is 118 cm³/mol. The topological polar surface area (TPSA) is 92.6 Å². The van der Waals surface area contributed by atoms with Gasteiger partial charge in [0.2, 0.25) is 5.91 Å². The molecule has 3 aromatic rings. The fraction of sp³-hybridized carbons (Fsp3) is 0.130. The fourth-order valence-corrected chi connectivity index (χ4v) is 3.81. The number of benzene rings is 3. The summed E-state index contributed by atoms with van der Waals surface area (Å²) in [5.41, 5.74) is 3.29. The first-order valence-corrected chi connectivity index (χ1v) is 9.93. The molecule has 0 spiro atoms. The summed E-state index contributed by atoms with van der Waals surface area (Å²) in [6, 6.07) is 17.9. The molecule has 7 nitrogen and oxygen atoms in total. The molecule has 31 heavy (non-hydrogen) atoms. The number of nitro benzene ring substituents is 1. The van der Waals surface area contributed by atoms with Crippen LogP contribution in [0.2, 0.25) is 5.02 Å². The van der Waals surface area contributed by atoms with E-state index in [2.05, 4.69) is 5.32 Å². The minimum absolute atomic E-state index is 0.0241. The molecule has 0 aliphatic carbocycles. The summed E-state index contributed by atoms with van der Waals surface area (Å²) in [7, 11) is 1.63. The molecule has 8 heteroatoms. The van der Waals surface area contributed by atoms with Gasteiger partial charge in [0.05, 0.1) is 16.2 Å². The highest BCUT2D eigenvalue weighted by Gasteiger charge is 2.32. The second-order valence-corrected chi connectivity index (χ2v) is 7.73. The van der Waals surface area contributed by atoms with Gasteiger partial charge in [-0.3, -0.25) is 19.7 Å². The van der Waals surface area contributed by atoms with Crippen LogP contribution in [-0.2, 0) is 11.2 Å². The number of carbonyl (C=O) groups excluding carboxylic acids is 2. The van der Waals surface area contributed by atoms with Gasteiger partial charge < -0.3 is 10.2 Å². The smallest absolute Gasteiger partial charge is 0.270 e. The Morgan fingerprint density at radius 1 is 1.03 bits per heavy atom. The molecule has 0 radical (unpaired) electrons. The van der Waals surface area contributed by atoms with Crippen LogP contribution in [0.25, 0.3) is 11.1 Å². The van der Waals surface area contributed by atoms with E-state index in [1.54, 1.807) is 37.4 Å². The Kier molecular flexibility index (Phi) is 5.44. The lowest BCUT2D eigenvalue weighted by molar-refractivity contribution is -0.384. The average molecular weight is 436 g/mol. The molecule has 1 unspecified atom stereocenters. The molecule has 1 aliphatic rings. The molecule has 0 aromatic heterocycles. The zero-order chi connectivity index (χ0) is 22.1. The molecular formula is C23H18ClN3O4. The van der Waals surface area contributed by atoms with Gasteiger partial charge in [-0.25, -0.2) is 0 Å². The molecule has 0 fully saturated rings. The fourth-order valence-electron chi connectivity index (χ4n) is 3.64. The van der Waals surface area contributed by atoms with Gasteiger partial charge in [0.25, 0.3) is 11.6 Å². The van der Waals surface area contributed by atoms with Gasteiger partial charge >= 0.3 is 0 Å². The molecule has 1 aliphatic heterocycles. The van der Waals surface area contributed by atoms with E-state index in [1.165, 1.54) is 17.0 Å². The lowest BCUT2D eigenvalue weighted by atomic mass is 10.00. The third kappa shape index (κ3) is 4.13. The molecule has 1 atom stereocenters. The number of nitrogens with zero attached hydrogens (tertiary/aromatic N) is 2. The van der Waals surface area contributed by atoms with Crippen molar-refractivity contribution in [1.82, 2.24) is 5.32 Å². The second kappa shape index (κ2) is 8.20. The van der Waals surface area contributed by atoms with Crippen LogP contribution in [0.3, 0.4) is 0 Å². The molecule has 156 valence electrons. The lowest BCUT2D eigenvalue weighted by Gasteiger charge is -2.21. The van der Waals surface area contributed by atoms with Crippen LogP contribution in [0.1, 0.15) is 15.9 Å². The molecule has 4 rings (SSSR count). The van der Waals surface area contributed by atoms with Gasteiger partial charge in [0.1, 0.15) is 6.04 Å². The van der Waals surface area contributed by atoms with Crippen LogP contribution in [0.15, 0.2) is 66.7 Å². The number of nitrogens with one attached hydrogen (secondary N) is 1. The van der Waals surface area contributed by atoms with E-state index < -0.39 is 11.0 Å². The largest absolute Gasteiger partial charge is 0.340 e.